The molecule has 38 heavy (non-hydrogen) atoms. The number of fused-ring (bicyclic) bond motifs is 1. The summed E-state index contributed by atoms with van der Waals surface area (Å²) in [7, 11) is 0. The minimum Gasteiger partial charge on any atom is -0.439 e. The number of nitrogens with zero attached hydrogens (tertiary/aromatic N) is 2. The van der Waals surface area contributed by atoms with Crippen LogP contribution in [0, 0.1) is 0 Å². The molecule has 2 aromatic heterocycles. The first-order valence-corrected chi connectivity index (χ1v) is 12.9. The Hall–Kier alpha value is -4.22. The van der Waals surface area contributed by atoms with Crippen LogP contribution in [0.2, 0.25) is 0 Å². The van der Waals surface area contributed by atoms with Gasteiger partial charge in [-0.25, -0.2) is 9.78 Å². The lowest BCUT2D eigenvalue weighted by Gasteiger charge is -2.20. The number of ketones is 1. The number of ether oxygens (including phenoxy) is 1. The number of imidazole rings is 1. The number of hydrogen-bond acceptors (Lipinski definition) is 8. The molecular weight excluding hydrogens is 506 g/mol. The zero-order chi connectivity index (χ0) is 26.9. The molecule has 4 aromatic rings. The van der Waals surface area contributed by atoms with E-state index in [2.05, 4.69) is 20.9 Å². The van der Waals surface area contributed by atoms with Crippen molar-refractivity contribution < 1.29 is 24.2 Å². The number of anilines is 2. The lowest BCUT2D eigenvalue weighted by molar-refractivity contribution is 0.0630. The number of rotatable bonds is 9. The van der Waals surface area contributed by atoms with Crippen molar-refractivity contribution in [3.8, 4) is 0 Å². The molecule has 1 fully saturated rings. The van der Waals surface area contributed by atoms with Crippen molar-refractivity contribution in [3.63, 3.8) is 0 Å². The van der Waals surface area contributed by atoms with Crippen molar-refractivity contribution in [2.24, 2.45) is 0 Å². The van der Waals surface area contributed by atoms with Gasteiger partial charge in [0.1, 0.15) is 0 Å². The summed E-state index contributed by atoms with van der Waals surface area (Å²) >= 11 is 1.24. The third-order valence-electron chi connectivity index (χ3n) is 5.92. The fraction of sp³-hybridized carbons (Fsp3) is 0.259. The van der Waals surface area contributed by atoms with E-state index in [0.717, 1.165) is 10.4 Å². The maximum absolute atomic E-state index is 13.1. The van der Waals surface area contributed by atoms with Gasteiger partial charge in [0.2, 0.25) is 5.95 Å². The van der Waals surface area contributed by atoms with E-state index in [-0.39, 0.29) is 30.7 Å². The summed E-state index contributed by atoms with van der Waals surface area (Å²) in [5.74, 6) is -0.115. The summed E-state index contributed by atoms with van der Waals surface area (Å²) < 4.78 is 6.95. The number of aliphatic hydroxyl groups is 1. The van der Waals surface area contributed by atoms with Crippen molar-refractivity contribution >= 4 is 51.8 Å². The molecule has 0 saturated carbocycles. The number of amides is 2. The minimum atomic E-state index is -1.07. The van der Waals surface area contributed by atoms with Gasteiger partial charge in [0.05, 0.1) is 41.1 Å². The molecule has 1 aliphatic rings. The molecule has 0 spiro atoms. The van der Waals surface area contributed by atoms with Gasteiger partial charge in [-0.15, -0.1) is 11.3 Å². The highest BCUT2D eigenvalue weighted by Crippen LogP contribution is 2.30. The van der Waals surface area contributed by atoms with Crippen LogP contribution in [0.15, 0.2) is 60.7 Å². The first-order chi connectivity index (χ1) is 18.2. The summed E-state index contributed by atoms with van der Waals surface area (Å²) in [5.41, 5.74) is 1.58. The van der Waals surface area contributed by atoms with Crippen LogP contribution in [0.25, 0.3) is 11.0 Å². The van der Waals surface area contributed by atoms with Crippen LogP contribution in [-0.4, -0.2) is 51.1 Å². The minimum absolute atomic E-state index is 0.0373. The molecule has 11 heteroatoms. The fourth-order valence-corrected chi connectivity index (χ4v) is 5.08. The smallest absolute Gasteiger partial charge is 0.407 e. The summed E-state index contributed by atoms with van der Waals surface area (Å²) in [6.07, 6.45) is -0.901. The van der Waals surface area contributed by atoms with Crippen molar-refractivity contribution in [2.75, 3.05) is 23.7 Å². The first kappa shape index (κ1) is 25.4. The Bertz CT molecular complexity index is 1510. The van der Waals surface area contributed by atoms with Crippen molar-refractivity contribution in [3.05, 3.63) is 76.0 Å². The molecule has 1 saturated heterocycles. The van der Waals surface area contributed by atoms with Gasteiger partial charge in [0, 0.05) is 16.1 Å². The Morgan fingerprint density at radius 3 is 2.68 bits per heavy atom. The molecule has 10 nitrogen and oxygen atoms in total. The van der Waals surface area contributed by atoms with Gasteiger partial charge >= 0.3 is 6.09 Å². The van der Waals surface area contributed by atoms with Crippen LogP contribution in [0.1, 0.15) is 44.9 Å². The van der Waals surface area contributed by atoms with Gasteiger partial charge in [-0.2, -0.15) is 0 Å². The van der Waals surface area contributed by atoms with Crippen LogP contribution in [0.5, 0.6) is 0 Å². The second-order valence-electron chi connectivity index (χ2n) is 9.61. The Morgan fingerprint density at radius 2 is 1.97 bits per heavy atom. The Balaban J connectivity index is 1.36. The van der Waals surface area contributed by atoms with Crippen LogP contribution in [0.3, 0.4) is 0 Å². The maximum atomic E-state index is 13.1. The first-order valence-electron chi connectivity index (χ1n) is 12.1. The van der Waals surface area contributed by atoms with E-state index in [1.54, 1.807) is 48.7 Å². The average Bonchev–Trinajstić information content (AvgIpc) is 3.61. The quantitative estimate of drug-likeness (QED) is 0.237. The van der Waals surface area contributed by atoms with Crippen molar-refractivity contribution in [1.29, 1.82) is 0 Å². The highest BCUT2D eigenvalue weighted by Gasteiger charge is 2.27. The molecule has 3 heterocycles. The number of alkyl carbamates (subject to hydrolysis) is 1. The van der Waals surface area contributed by atoms with Crippen molar-refractivity contribution in [1.82, 2.24) is 14.9 Å². The van der Waals surface area contributed by atoms with E-state index in [0.29, 0.717) is 28.2 Å². The lowest BCUT2D eigenvalue weighted by atomic mass is 10.1. The van der Waals surface area contributed by atoms with Gasteiger partial charge in [-0.05, 0) is 44.2 Å². The lowest BCUT2D eigenvalue weighted by Crippen LogP contribution is -2.27. The molecule has 5 rings (SSSR count). The fourth-order valence-electron chi connectivity index (χ4n) is 4.15. The van der Waals surface area contributed by atoms with E-state index in [1.807, 2.05) is 30.3 Å². The number of thiophene rings is 1. The average molecular weight is 534 g/mol. The Morgan fingerprint density at radius 1 is 1.18 bits per heavy atom. The van der Waals surface area contributed by atoms with Gasteiger partial charge in [-0.1, -0.05) is 30.3 Å². The van der Waals surface area contributed by atoms with Crippen molar-refractivity contribution in [2.45, 2.75) is 32.1 Å². The monoisotopic (exact) mass is 533 g/mol. The summed E-state index contributed by atoms with van der Waals surface area (Å²) in [5, 5.41) is 19.1. The second-order valence-corrected chi connectivity index (χ2v) is 10.7. The second kappa shape index (κ2) is 10.3. The molecule has 196 valence electrons. The molecule has 2 amide bonds. The van der Waals surface area contributed by atoms with Crippen LogP contribution >= 0.6 is 11.3 Å². The Labute approximate surface area is 222 Å². The summed E-state index contributed by atoms with van der Waals surface area (Å²) in [4.78, 5) is 42.7. The molecule has 2 aromatic carbocycles. The van der Waals surface area contributed by atoms with Gasteiger partial charge in [0.15, 0.2) is 11.9 Å². The Kier molecular flexibility index (Phi) is 6.87. The van der Waals surface area contributed by atoms with Gasteiger partial charge in [-0.3, -0.25) is 14.9 Å². The molecule has 0 radical (unpaired) electrons. The van der Waals surface area contributed by atoms with Crippen LogP contribution in [-0.2, 0) is 11.3 Å². The number of carbonyl (C=O) groups is 3. The molecule has 0 bridgehead atoms. The highest BCUT2D eigenvalue weighted by atomic mass is 32.1. The highest BCUT2D eigenvalue weighted by molar-refractivity contribution is 7.14. The van der Waals surface area contributed by atoms with Gasteiger partial charge < -0.3 is 25.0 Å². The van der Waals surface area contributed by atoms with E-state index in [4.69, 9.17) is 4.74 Å². The van der Waals surface area contributed by atoms with E-state index in [9.17, 15) is 19.5 Å². The number of cyclic esters (lactones) is 1. The topological polar surface area (TPSA) is 135 Å². The van der Waals surface area contributed by atoms with E-state index in [1.165, 1.54) is 11.3 Å². The SMILES string of the molecule is CC(C)(O)Cn1c(NC(=O)c2ccc(C3CNC(=O)O3)s2)nc2cc(NCC(=O)c3ccccc3)ccc21. The summed E-state index contributed by atoms with van der Waals surface area (Å²) in [6.45, 7) is 4.03. The molecular formula is C27H27N5O5S. The number of carbonyl (C=O) groups excluding carboxylic acids is 3. The largest absolute Gasteiger partial charge is 0.439 e. The standard InChI is InChI=1S/C27H27N5O5S/c1-27(2,36)15-32-19-9-8-17(28-13-20(33)16-6-4-3-5-7-16)12-18(19)30-25(32)31-24(34)23-11-10-22(38-23)21-14-29-26(35)37-21/h3-12,21,28,36H,13-15H2,1-2H3,(H,29,35)(H,30,31,34). The van der Waals surface area contributed by atoms with E-state index >= 15 is 0 Å². The zero-order valence-electron chi connectivity index (χ0n) is 20.9. The molecule has 4 N–H and O–H groups in total. The number of benzene rings is 2. The third-order valence-corrected chi connectivity index (χ3v) is 7.09. The number of hydrogen-bond donors (Lipinski definition) is 4. The predicted molar refractivity (Wildman–Crippen MR) is 145 cm³/mol. The predicted octanol–water partition coefficient (Wildman–Crippen LogP) is 4.20. The molecule has 1 atom stereocenters. The summed E-state index contributed by atoms with van der Waals surface area (Å²) in [6, 6.07) is 18.0. The number of nitrogens with one attached hydrogen (secondary N) is 3. The van der Waals surface area contributed by atoms with Crippen LogP contribution < -0.4 is 16.0 Å². The molecule has 0 aliphatic carbocycles. The zero-order valence-corrected chi connectivity index (χ0v) is 21.7. The maximum Gasteiger partial charge on any atom is 0.407 e. The third kappa shape index (κ3) is 5.68. The van der Waals surface area contributed by atoms with Crippen LogP contribution in [0.4, 0.5) is 16.4 Å². The van der Waals surface area contributed by atoms with E-state index < -0.39 is 17.8 Å². The normalized spacial score (nSPS) is 15.2. The van der Waals surface area contributed by atoms with Gasteiger partial charge in [0.25, 0.3) is 5.91 Å². The molecule has 1 aliphatic heterocycles. The number of Topliss-reactive ketones (excluding diaryl/α,β-unsaturated/α-hetero) is 1. The molecule has 1 unspecified atom stereocenters. The number of aromatic nitrogens is 2.